The van der Waals surface area contributed by atoms with Crippen LogP contribution in [0.15, 0.2) is 0 Å². The zero-order valence-corrected chi connectivity index (χ0v) is 11.3. The number of carboxylic acid groups (broad SMARTS) is 1. The number of nitrogens with one attached hydrogen (secondary N) is 1. The molecule has 0 spiro atoms. The van der Waals surface area contributed by atoms with Gasteiger partial charge in [-0.1, -0.05) is 6.92 Å². The predicted molar refractivity (Wildman–Crippen MR) is 67.1 cm³/mol. The number of rotatable bonds is 6. The summed E-state index contributed by atoms with van der Waals surface area (Å²) in [6.45, 7) is 6.82. The van der Waals surface area contributed by atoms with E-state index in [0.29, 0.717) is 31.9 Å². The summed E-state index contributed by atoms with van der Waals surface area (Å²) in [5.41, 5.74) is 0. The Labute approximate surface area is 108 Å². The van der Waals surface area contributed by atoms with Crippen LogP contribution >= 0.6 is 0 Å². The zero-order chi connectivity index (χ0) is 13.7. The molecule has 4 atom stereocenters. The number of carbonyl (C=O) groups excluding carboxylic acids is 1. The highest BCUT2D eigenvalue weighted by atomic mass is 16.5. The molecule has 1 aliphatic rings. The molecule has 4 unspecified atom stereocenters. The average Bonchev–Trinajstić information content (AvgIpc) is 2.69. The lowest BCUT2D eigenvalue weighted by molar-refractivity contribution is -0.146. The van der Waals surface area contributed by atoms with Crippen molar-refractivity contribution in [1.82, 2.24) is 5.32 Å². The van der Waals surface area contributed by atoms with Gasteiger partial charge >= 0.3 is 5.97 Å². The molecule has 18 heavy (non-hydrogen) atoms. The number of carboxylic acids is 1. The Bertz CT molecular complexity index is 305. The fraction of sp³-hybridized carbons (Fsp3) is 0.846. The van der Waals surface area contributed by atoms with E-state index in [4.69, 9.17) is 9.84 Å². The lowest BCUT2D eigenvalue weighted by Crippen LogP contribution is -2.39. The number of ether oxygens (including phenoxy) is 1. The fourth-order valence-electron chi connectivity index (χ4n) is 2.57. The van der Waals surface area contributed by atoms with Crippen LogP contribution in [0.3, 0.4) is 0 Å². The number of aliphatic carboxylic acids is 1. The molecule has 0 heterocycles. The Morgan fingerprint density at radius 2 is 2.00 bits per heavy atom. The van der Waals surface area contributed by atoms with E-state index in [1.165, 1.54) is 0 Å². The Morgan fingerprint density at radius 3 is 2.56 bits per heavy atom. The molecular weight excluding hydrogens is 234 g/mol. The van der Waals surface area contributed by atoms with E-state index in [-0.39, 0.29) is 12.0 Å². The molecule has 5 heteroatoms. The molecule has 1 aliphatic carbocycles. The topological polar surface area (TPSA) is 75.6 Å². The summed E-state index contributed by atoms with van der Waals surface area (Å²) in [4.78, 5) is 23.1. The van der Waals surface area contributed by atoms with Crippen molar-refractivity contribution in [3.63, 3.8) is 0 Å². The van der Waals surface area contributed by atoms with Crippen molar-refractivity contribution < 1.29 is 19.4 Å². The Morgan fingerprint density at radius 1 is 1.39 bits per heavy atom. The average molecular weight is 257 g/mol. The molecule has 1 fully saturated rings. The van der Waals surface area contributed by atoms with Crippen LogP contribution in [0.4, 0.5) is 0 Å². The van der Waals surface area contributed by atoms with Crippen LogP contribution in [0.1, 0.15) is 33.6 Å². The minimum Gasteiger partial charge on any atom is -0.481 e. The number of hydrogen-bond acceptors (Lipinski definition) is 3. The van der Waals surface area contributed by atoms with Gasteiger partial charge in [-0.05, 0) is 32.6 Å². The molecule has 104 valence electrons. The Kier molecular flexibility index (Phi) is 5.59. The van der Waals surface area contributed by atoms with Crippen molar-refractivity contribution in [3.8, 4) is 0 Å². The van der Waals surface area contributed by atoms with E-state index in [1.54, 1.807) is 0 Å². The van der Waals surface area contributed by atoms with Crippen LogP contribution in [0.2, 0.25) is 0 Å². The van der Waals surface area contributed by atoms with Gasteiger partial charge in [-0.15, -0.1) is 0 Å². The third-order valence-corrected chi connectivity index (χ3v) is 3.47. The normalized spacial score (nSPS) is 28.9. The number of hydrogen-bond donors (Lipinski definition) is 2. The first-order valence-corrected chi connectivity index (χ1v) is 6.57. The summed E-state index contributed by atoms with van der Waals surface area (Å²) < 4.78 is 5.32. The monoisotopic (exact) mass is 257 g/mol. The first kappa shape index (κ1) is 15.0. The maximum atomic E-state index is 12.0. The fourth-order valence-corrected chi connectivity index (χ4v) is 2.57. The highest BCUT2D eigenvalue weighted by molar-refractivity contribution is 5.85. The second-order valence-corrected chi connectivity index (χ2v) is 5.14. The van der Waals surface area contributed by atoms with Gasteiger partial charge in [0.05, 0.1) is 17.9 Å². The lowest BCUT2D eigenvalue weighted by atomic mass is 9.95. The van der Waals surface area contributed by atoms with E-state index < -0.39 is 17.8 Å². The summed E-state index contributed by atoms with van der Waals surface area (Å²) >= 11 is 0. The first-order chi connectivity index (χ1) is 8.45. The maximum Gasteiger partial charge on any atom is 0.307 e. The molecule has 1 saturated carbocycles. The SMILES string of the molecule is CCOC(C)CNC(=O)C1CC(C)CC1C(=O)O. The third-order valence-electron chi connectivity index (χ3n) is 3.47. The van der Waals surface area contributed by atoms with E-state index in [1.807, 2.05) is 20.8 Å². The minimum absolute atomic E-state index is 0.0407. The van der Waals surface area contributed by atoms with Crippen LogP contribution in [0.5, 0.6) is 0 Å². The molecule has 0 aromatic carbocycles. The quantitative estimate of drug-likeness (QED) is 0.751. The Balaban J connectivity index is 2.47. The van der Waals surface area contributed by atoms with Gasteiger partial charge in [0.1, 0.15) is 0 Å². The van der Waals surface area contributed by atoms with Crippen molar-refractivity contribution >= 4 is 11.9 Å². The lowest BCUT2D eigenvalue weighted by Gasteiger charge is -2.18. The van der Waals surface area contributed by atoms with Gasteiger partial charge in [-0.2, -0.15) is 0 Å². The van der Waals surface area contributed by atoms with Crippen LogP contribution in [0.25, 0.3) is 0 Å². The molecule has 1 amide bonds. The molecule has 0 bridgehead atoms. The van der Waals surface area contributed by atoms with Crippen molar-refractivity contribution in [2.45, 2.75) is 39.7 Å². The van der Waals surface area contributed by atoms with Crippen LogP contribution in [-0.2, 0) is 14.3 Å². The summed E-state index contributed by atoms with van der Waals surface area (Å²) in [6, 6.07) is 0. The molecule has 2 N–H and O–H groups in total. The number of carbonyl (C=O) groups is 2. The largest absolute Gasteiger partial charge is 0.481 e. The molecule has 0 aromatic rings. The van der Waals surface area contributed by atoms with Crippen molar-refractivity contribution in [1.29, 1.82) is 0 Å². The van der Waals surface area contributed by atoms with Gasteiger partial charge in [0, 0.05) is 13.2 Å². The van der Waals surface area contributed by atoms with Gasteiger partial charge in [0.15, 0.2) is 0 Å². The highest BCUT2D eigenvalue weighted by Gasteiger charge is 2.41. The Hall–Kier alpha value is -1.10. The molecular formula is C13H23NO4. The minimum atomic E-state index is -0.864. The van der Waals surface area contributed by atoms with E-state index in [2.05, 4.69) is 5.32 Å². The second kappa shape index (κ2) is 6.73. The van der Waals surface area contributed by atoms with E-state index in [0.717, 1.165) is 0 Å². The van der Waals surface area contributed by atoms with Gasteiger partial charge < -0.3 is 15.2 Å². The first-order valence-electron chi connectivity index (χ1n) is 6.57. The molecule has 5 nitrogen and oxygen atoms in total. The van der Waals surface area contributed by atoms with Crippen LogP contribution in [-0.4, -0.2) is 36.2 Å². The molecule has 1 rings (SSSR count). The summed E-state index contributed by atoms with van der Waals surface area (Å²) in [6.07, 6.45) is 1.21. The molecule has 0 radical (unpaired) electrons. The standard InChI is InChI=1S/C13H23NO4/c1-4-18-9(3)7-14-12(15)10-5-8(2)6-11(10)13(16)17/h8-11H,4-7H2,1-3H3,(H,14,15)(H,16,17). The van der Waals surface area contributed by atoms with Crippen LogP contribution < -0.4 is 5.32 Å². The summed E-state index contributed by atoms with van der Waals surface area (Å²) in [5.74, 6) is -1.66. The van der Waals surface area contributed by atoms with Gasteiger partial charge in [-0.3, -0.25) is 9.59 Å². The molecule has 0 aromatic heterocycles. The predicted octanol–water partition coefficient (Wildman–Crippen LogP) is 1.27. The van der Waals surface area contributed by atoms with Gasteiger partial charge in [0.25, 0.3) is 0 Å². The smallest absolute Gasteiger partial charge is 0.307 e. The summed E-state index contributed by atoms with van der Waals surface area (Å²) in [7, 11) is 0. The highest BCUT2D eigenvalue weighted by Crippen LogP contribution is 2.36. The van der Waals surface area contributed by atoms with Crippen LogP contribution in [0, 0.1) is 17.8 Å². The van der Waals surface area contributed by atoms with Crippen molar-refractivity contribution in [2.24, 2.45) is 17.8 Å². The van der Waals surface area contributed by atoms with Crippen molar-refractivity contribution in [3.05, 3.63) is 0 Å². The molecule has 0 saturated heterocycles. The van der Waals surface area contributed by atoms with Gasteiger partial charge in [-0.25, -0.2) is 0 Å². The molecule has 0 aliphatic heterocycles. The third kappa shape index (κ3) is 3.98. The zero-order valence-electron chi connectivity index (χ0n) is 11.3. The van der Waals surface area contributed by atoms with E-state index in [9.17, 15) is 9.59 Å². The van der Waals surface area contributed by atoms with E-state index >= 15 is 0 Å². The second-order valence-electron chi connectivity index (χ2n) is 5.14. The summed E-state index contributed by atoms with van der Waals surface area (Å²) in [5, 5.41) is 11.9. The maximum absolute atomic E-state index is 12.0. The van der Waals surface area contributed by atoms with Gasteiger partial charge in [0.2, 0.25) is 5.91 Å². The van der Waals surface area contributed by atoms with Crippen molar-refractivity contribution in [2.75, 3.05) is 13.2 Å². The number of amides is 1.